The number of aromatic nitrogens is 2. The summed E-state index contributed by atoms with van der Waals surface area (Å²) in [5.74, 6) is 1.17. The smallest absolute Gasteiger partial charge is 0.218 e. The van der Waals surface area contributed by atoms with E-state index in [2.05, 4.69) is 23.1 Å². The van der Waals surface area contributed by atoms with Gasteiger partial charge in [0.15, 0.2) is 0 Å². The van der Waals surface area contributed by atoms with Crippen LogP contribution in [0.3, 0.4) is 0 Å². The number of hydrogen-bond donors (Lipinski definition) is 0. The fourth-order valence-electron chi connectivity index (χ4n) is 1.40. The van der Waals surface area contributed by atoms with Gasteiger partial charge in [0.1, 0.15) is 12.1 Å². The third-order valence-corrected chi connectivity index (χ3v) is 3.08. The second-order valence-corrected chi connectivity index (χ2v) is 4.24. The highest BCUT2D eigenvalue weighted by molar-refractivity contribution is 7.98. The summed E-state index contributed by atoms with van der Waals surface area (Å²) in [6, 6.07) is 1.75. The molecule has 1 heterocycles. The highest BCUT2D eigenvalue weighted by Gasteiger charge is 2.14. The third kappa shape index (κ3) is 3.34. The minimum atomic E-state index is -0.481. The largest absolute Gasteiger partial charge is 0.356 e. The van der Waals surface area contributed by atoms with Crippen molar-refractivity contribution in [3.63, 3.8) is 0 Å². The van der Waals surface area contributed by atoms with E-state index in [1.54, 1.807) is 11.8 Å². The predicted molar refractivity (Wildman–Crippen MR) is 62.9 cm³/mol. The minimum Gasteiger partial charge on any atom is -0.356 e. The van der Waals surface area contributed by atoms with Gasteiger partial charge in [0, 0.05) is 24.9 Å². The molecule has 1 aromatic rings. The summed E-state index contributed by atoms with van der Waals surface area (Å²) in [6.07, 6.45) is 4.34. The van der Waals surface area contributed by atoms with Crippen LogP contribution in [0.4, 0.5) is 10.2 Å². The zero-order chi connectivity index (χ0) is 11.3. The molecule has 0 bridgehead atoms. The standard InChI is InChI=1S/C10H16FN3S/c1-4-8(6-15-3)14(2)10-5-9(11)12-7-13-10/h5,7-8H,4,6H2,1-3H3. The monoisotopic (exact) mass is 229 g/mol. The van der Waals surface area contributed by atoms with E-state index in [1.807, 2.05) is 11.9 Å². The van der Waals surface area contributed by atoms with Gasteiger partial charge in [0.05, 0.1) is 0 Å². The summed E-state index contributed by atoms with van der Waals surface area (Å²) in [5.41, 5.74) is 0. The molecule has 0 aromatic carbocycles. The summed E-state index contributed by atoms with van der Waals surface area (Å²) in [4.78, 5) is 9.50. The molecular formula is C10H16FN3S. The number of halogens is 1. The molecule has 1 rings (SSSR count). The quantitative estimate of drug-likeness (QED) is 0.724. The molecule has 84 valence electrons. The molecule has 0 fully saturated rings. The van der Waals surface area contributed by atoms with Crippen molar-refractivity contribution in [2.75, 3.05) is 24.0 Å². The number of thioether (sulfide) groups is 1. The Morgan fingerprint density at radius 2 is 2.27 bits per heavy atom. The first kappa shape index (κ1) is 12.2. The van der Waals surface area contributed by atoms with Crippen LogP contribution in [0.25, 0.3) is 0 Å². The molecule has 5 heteroatoms. The second-order valence-electron chi connectivity index (χ2n) is 3.33. The summed E-state index contributed by atoms with van der Waals surface area (Å²) in [7, 11) is 1.94. The van der Waals surface area contributed by atoms with Crippen LogP contribution in [0.1, 0.15) is 13.3 Å². The average Bonchev–Trinajstić information content (AvgIpc) is 2.25. The molecule has 0 aliphatic carbocycles. The van der Waals surface area contributed by atoms with Gasteiger partial charge in [-0.1, -0.05) is 6.92 Å². The maximum Gasteiger partial charge on any atom is 0.218 e. The van der Waals surface area contributed by atoms with Crippen LogP contribution in [-0.4, -0.2) is 35.1 Å². The molecule has 0 aliphatic rings. The number of hydrogen-bond acceptors (Lipinski definition) is 4. The van der Waals surface area contributed by atoms with Crippen molar-refractivity contribution in [2.24, 2.45) is 0 Å². The molecule has 1 aromatic heterocycles. The van der Waals surface area contributed by atoms with Crippen LogP contribution in [-0.2, 0) is 0 Å². The van der Waals surface area contributed by atoms with Gasteiger partial charge in [0.25, 0.3) is 0 Å². The van der Waals surface area contributed by atoms with Crippen molar-refractivity contribution < 1.29 is 4.39 Å². The molecule has 0 amide bonds. The first-order chi connectivity index (χ1) is 7.19. The van der Waals surface area contributed by atoms with E-state index in [9.17, 15) is 4.39 Å². The van der Waals surface area contributed by atoms with E-state index in [0.29, 0.717) is 11.9 Å². The van der Waals surface area contributed by atoms with E-state index in [4.69, 9.17) is 0 Å². The molecule has 3 nitrogen and oxygen atoms in total. The molecule has 0 saturated carbocycles. The second kappa shape index (κ2) is 5.90. The van der Waals surface area contributed by atoms with Crippen LogP contribution >= 0.6 is 11.8 Å². The highest BCUT2D eigenvalue weighted by atomic mass is 32.2. The summed E-state index contributed by atoms with van der Waals surface area (Å²) >= 11 is 1.78. The molecule has 0 saturated heterocycles. The Hall–Kier alpha value is -0.840. The van der Waals surface area contributed by atoms with Crippen LogP contribution in [0.15, 0.2) is 12.4 Å². The molecular weight excluding hydrogens is 213 g/mol. The predicted octanol–water partition coefficient (Wildman–Crippen LogP) is 2.19. The van der Waals surface area contributed by atoms with Gasteiger partial charge in [-0.2, -0.15) is 16.2 Å². The van der Waals surface area contributed by atoms with Crippen LogP contribution < -0.4 is 4.90 Å². The third-order valence-electron chi connectivity index (χ3n) is 2.36. The van der Waals surface area contributed by atoms with Gasteiger partial charge in [-0.25, -0.2) is 9.97 Å². The van der Waals surface area contributed by atoms with Gasteiger partial charge in [-0.3, -0.25) is 0 Å². The molecule has 0 N–H and O–H groups in total. The van der Waals surface area contributed by atoms with Crippen molar-refractivity contribution in [3.8, 4) is 0 Å². The van der Waals surface area contributed by atoms with Crippen molar-refractivity contribution in [3.05, 3.63) is 18.3 Å². The van der Waals surface area contributed by atoms with Crippen LogP contribution in [0.5, 0.6) is 0 Å². The van der Waals surface area contributed by atoms with Crippen molar-refractivity contribution in [1.82, 2.24) is 9.97 Å². The number of anilines is 1. The average molecular weight is 229 g/mol. The molecule has 1 unspecified atom stereocenters. The minimum absolute atomic E-state index is 0.384. The van der Waals surface area contributed by atoms with E-state index in [-0.39, 0.29) is 0 Å². The lowest BCUT2D eigenvalue weighted by molar-refractivity contribution is 0.575. The molecule has 0 radical (unpaired) electrons. The van der Waals surface area contributed by atoms with Gasteiger partial charge < -0.3 is 4.90 Å². The van der Waals surface area contributed by atoms with Gasteiger partial charge >= 0.3 is 0 Å². The lowest BCUT2D eigenvalue weighted by Crippen LogP contribution is -2.33. The van der Waals surface area contributed by atoms with E-state index < -0.39 is 5.95 Å². The maximum atomic E-state index is 12.9. The fourth-order valence-corrected chi connectivity index (χ4v) is 2.24. The Kier molecular flexibility index (Phi) is 4.81. The van der Waals surface area contributed by atoms with Gasteiger partial charge in [-0.15, -0.1) is 0 Å². The van der Waals surface area contributed by atoms with E-state index >= 15 is 0 Å². The van der Waals surface area contributed by atoms with Crippen LogP contribution in [0, 0.1) is 5.95 Å². The fraction of sp³-hybridized carbons (Fsp3) is 0.600. The summed E-state index contributed by atoms with van der Waals surface area (Å²) in [5, 5.41) is 0. The lowest BCUT2D eigenvalue weighted by Gasteiger charge is -2.27. The zero-order valence-corrected chi connectivity index (χ0v) is 10.1. The number of nitrogens with zero attached hydrogens (tertiary/aromatic N) is 3. The maximum absolute atomic E-state index is 12.9. The Balaban J connectivity index is 2.77. The Morgan fingerprint density at radius 3 is 2.80 bits per heavy atom. The molecule has 0 spiro atoms. The van der Waals surface area contributed by atoms with Crippen LogP contribution in [0.2, 0.25) is 0 Å². The van der Waals surface area contributed by atoms with Crippen molar-refractivity contribution in [1.29, 1.82) is 0 Å². The lowest BCUT2D eigenvalue weighted by atomic mass is 10.2. The molecule has 1 atom stereocenters. The molecule has 0 aliphatic heterocycles. The number of rotatable bonds is 5. The first-order valence-corrected chi connectivity index (χ1v) is 6.27. The molecule has 15 heavy (non-hydrogen) atoms. The highest BCUT2D eigenvalue weighted by Crippen LogP contribution is 2.16. The Bertz CT molecular complexity index is 308. The van der Waals surface area contributed by atoms with Crippen molar-refractivity contribution in [2.45, 2.75) is 19.4 Å². The Labute approximate surface area is 94.1 Å². The zero-order valence-electron chi connectivity index (χ0n) is 9.27. The Morgan fingerprint density at radius 1 is 1.53 bits per heavy atom. The van der Waals surface area contributed by atoms with Crippen molar-refractivity contribution >= 4 is 17.6 Å². The van der Waals surface area contributed by atoms with Gasteiger partial charge in [0.2, 0.25) is 5.95 Å². The first-order valence-electron chi connectivity index (χ1n) is 4.88. The van der Waals surface area contributed by atoms with E-state index in [1.165, 1.54) is 12.4 Å². The summed E-state index contributed by atoms with van der Waals surface area (Å²) < 4.78 is 12.9. The SMILES string of the molecule is CCC(CSC)N(C)c1cc(F)ncn1. The summed E-state index contributed by atoms with van der Waals surface area (Å²) in [6.45, 7) is 2.12. The van der Waals surface area contributed by atoms with E-state index in [0.717, 1.165) is 12.2 Å². The van der Waals surface area contributed by atoms with Gasteiger partial charge in [-0.05, 0) is 12.7 Å². The topological polar surface area (TPSA) is 29.0 Å². The normalized spacial score (nSPS) is 12.5.